The van der Waals surface area contributed by atoms with Crippen LogP contribution in [-0.2, 0) is 10.5 Å². The number of hydrogen-bond donors (Lipinski definition) is 2. The van der Waals surface area contributed by atoms with Gasteiger partial charge in [-0.2, -0.15) is 0 Å². The second-order valence-corrected chi connectivity index (χ2v) is 7.91. The summed E-state index contributed by atoms with van der Waals surface area (Å²) in [6, 6.07) is 6.45. The zero-order valence-corrected chi connectivity index (χ0v) is 14.8. The molecule has 1 heterocycles. The lowest BCUT2D eigenvalue weighted by Crippen LogP contribution is -2.42. The smallest absolute Gasteiger partial charge is 0.326 e. The van der Waals surface area contributed by atoms with Crippen LogP contribution in [0.15, 0.2) is 34.5 Å². The van der Waals surface area contributed by atoms with E-state index in [4.69, 9.17) is 0 Å². The number of aromatic nitrogens is 1. The lowest BCUT2D eigenvalue weighted by molar-refractivity contribution is -0.139. The first-order valence-corrected chi connectivity index (χ1v) is 9.57. The minimum Gasteiger partial charge on any atom is -0.480 e. The van der Waals surface area contributed by atoms with E-state index < -0.39 is 12.0 Å². The Morgan fingerprint density at radius 1 is 1.38 bits per heavy atom. The summed E-state index contributed by atoms with van der Waals surface area (Å²) in [4.78, 5) is 28.9. The molecule has 1 aliphatic rings. The summed E-state index contributed by atoms with van der Waals surface area (Å²) < 4.78 is 0. The van der Waals surface area contributed by atoms with Crippen LogP contribution in [0.5, 0.6) is 0 Å². The van der Waals surface area contributed by atoms with Gasteiger partial charge in [-0.05, 0) is 49.9 Å². The maximum atomic E-state index is 12.2. The standard InChI is InChI=1S/C17H18N2O3S2/c1-10-18-13(8-23-10)9-24-14-6-4-12(5-7-14)16(20)19-15(17(21)22)11-2-3-11/h4-8,11,15H,2-3,9H2,1H3,(H,19,20)(H,21,22). The third-order valence-corrected chi connectivity index (χ3v) is 5.68. The molecule has 1 aliphatic carbocycles. The molecule has 1 fully saturated rings. The number of thiazole rings is 1. The molecule has 0 aliphatic heterocycles. The minimum absolute atomic E-state index is 0.0721. The Hall–Kier alpha value is -1.86. The summed E-state index contributed by atoms with van der Waals surface area (Å²) in [5, 5.41) is 14.9. The number of nitrogens with one attached hydrogen (secondary N) is 1. The highest BCUT2D eigenvalue weighted by Crippen LogP contribution is 2.33. The quantitative estimate of drug-likeness (QED) is 0.739. The topological polar surface area (TPSA) is 79.3 Å². The Morgan fingerprint density at radius 2 is 2.08 bits per heavy atom. The van der Waals surface area contributed by atoms with Gasteiger partial charge >= 0.3 is 5.97 Å². The van der Waals surface area contributed by atoms with Gasteiger partial charge in [0.25, 0.3) is 5.91 Å². The number of thioether (sulfide) groups is 1. The first-order chi connectivity index (χ1) is 11.5. The van der Waals surface area contributed by atoms with E-state index in [0.29, 0.717) is 5.56 Å². The van der Waals surface area contributed by atoms with Crippen LogP contribution < -0.4 is 5.32 Å². The number of aliphatic carboxylic acids is 1. The minimum atomic E-state index is -0.961. The Balaban J connectivity index is 1.57. The van der Waals surface area contributed by atoms with E-state index in [-0.39, 0.29) is 11.8 Å². The third-order valence-electron chi connectivity index (χ3n) is 3.82. The molecule has 7 heteroatoms. The van der Waals surface area contributed by atoms with Gasteiger partial charge in [0, 0.05) is 21.6 Å². The van der Waals surface area contributed by atoms with Crippen molar-refractivity contribution < 1.29 is 14.7 Å². The molecule has 1 aromatic heterocycles. The second kappa shape index (κ2) is 7.36. The van der Waals surface area contributed by atoms with Crippen molar-refractivity contribution in [2.45, 2.75) is 36.5 Å². The van der Waals surface area contributed by atoms with E-state index in [1.54, 1.807) is 35.2 Å². The number of carbonyl (C=O) groups excluding carboxylic acids is 1. The number of carboxylic acid groups (broad SMARTS) is 1. The van der Waals surface area contributed by atoms with Crippen molar-refractivity contribution >= 4 is 35.0 Å². The summed E-state index contributed by atoms with van der Waals surface area (Å²) in [6.45, 7) is 1.98. The van der Waals surface area contributed by atoms with Crippen LogP contribution >= 0.6 is 23.1 Å². The number of nitrogens with zero attached hydrogens (tertiary/aromatic N) is 1. The van der Waals surface area contributed by atoms with Crippen LogP contribution in [0.25, 0.3) is 0 Å². The van der Waals surface area contributed by atoms with Crippen LogP contribution in [-0.4, -0.2) is 28.0 Å². The number of carboxylic acids is 1. The molecule has 0 radical (unpaired) electrons. The lowest BCUT2D eigenvalue weighted by atomic mass is 10.1. The number of aryl methyl sites for hydroxylation is 1. The molecule has 0 bridgehead atoms. The van der Waals surface area contributed by atoms with E-state index in [1.165, 1.54) is 0 Å². The Labute approximate surface area is 148 Å². The van der Waals surface area contributed by atoms with Gasteiger partial charge in [-0.15, -0.1) is 23.1 Å². The molecule has 2 aromatic rings. The molecule has 1 saturated carbocycles. The molecular formula is C17H18N2O3S2. The molecule has 1 unspecified atom stereocenters. The van der Waals surface area contributed by atoms with Crippen molar-refractivity contribution in [1.82, 2.24) is 10.3 Å². The molecule has 0 saturated heterocycles. The van der Waals surface area contributed by atoms with Crippen molar-refractivity contribution in [3.8, 4) is 0 Å². The number of benzene rings is 1. The average Bonchev–Trinajstić information content (AvgIpc) is 3.32. The zero-order chi connectivity index (χ0) is 17.1. The van der Waals surface area contributed by atoms with Crippen molar-refractivity contribution in [2.24, 2.45) is 5.92 Å². The van der Waals surface area contributed by atoms with Gasteiger partial charge in [0.15, 0.2) is 0 Å². The van der Waals surface area contributed by atoms with Crippen molar-refractivity contribution in [3.63, 3.8) is 0 Å². The first-order valence-electron chi connectivity index (χ1n) is 7.70. The Bertz CT molecular complexity index is 739. The van der Waals surface area contributed by atoms with Crippen molar-refractivity contribution in [3.05, 3.63) is 45.9 Å². The van der Waals surface area contributed by atoms with Gasteiger partial charge in [0.2, 0.25) is 0 Å². The molecule has 1 amide bonds. The van der Waals surface area contributed by atoms with Gasteiger partial charge in [-0.1, -0.05) is 0 Å². The normalized spacial score (nSPS) is 15.0. The Kier molecular flexibility index (Phi) is 5.20. The highest BCUT2D eigenvalue weighted by Gasteiger charge is 2.37. The van der Waals surface area contributed by atoms with Crippen molar-refractivity contribution in [1.29, 1.82) is 0 Å². The SMILES string of the molecule is Cc1nc(CSc2ccc(C(=O)NC(C(=O)O)C3CC3)cc2)cs1. The van der Waals surface area contributed by atoms with Crippen LogP contribution in [0.3, 0.4) is 0 Å². The Morgan fingerprint density at radius 3 is 2.62 bits per heavy atom. The maximum absolute atomic E-state index is 12.2. The second-order valence-electron chi connectivity index (χ2n) is 5.80. The molecular weight excluding hydrogens is 344 g/mol. The largest absolute Gasteiger partial charge is 0.480 e. The van der Waals surface area contributed by atoms with E-state index in [2.05, 4.69) is 10.3 Å². The zero-order valence-electron chi connectivity index (χ0n) is 13.2. The average molecular weight is 362 g/mol. The van der Waals surface area contributed by atoms with Crippen LogP contribution in [0.2, 0.25) is 0 Å². The van der Waals surface area contributed by atoms with Crippen LogP contribution in [0, 0.1) is 12.8 Å². The summed E-state index contributed by atoms with van der Waals surface area (Å²) in [6.07, 6.45) is 1.73. The van der Waals surface area contributed by atoms with Crippen LogP contribution in [0.4, 0.5) is 0 Å². The number of amides is 1. The van der Waals surface area contributed by atoms with Crippen molar-refractivity contribution in [2.75, 3.05) is 0 Å². The van der Waals surface area contributed by atoms with Gasteiger partial charge in [0.05, 0.1) is 10.7 Å². The number of hydrogen-bond acceptors (Lipinski definition) is 5. The van der Waals surface area contributed by atoms with E-state index >= 15 is 0 Å². The predicted molar refractivity (Wildman–Crippen MR) is 94.5 cm³/mol. The number of rotatable bonds is 7. The fraction of sp³-hybridized carbons (Fsp3) is 0.353. The molecule has 1 atom stereocenters. The fourth-order valence-corrected chi connectivity index (χ4v) is 3.88. The molecule has 1 aromatic carbocycles. The maximum Gasteiger partial charge on any atom is 0.326 e. The molecule has 126 valence electrons. The first kappa shape index (κ1) is 17.0. The molecule has 2 N–H and O–H groups in total. The summed E-state index contributed by atoms with van der Waals surface area (Å²) in [5.41, 5.74) is 1.54. The summed E-state index contributed by atoms with van der Waals surface area (Å²) >= 11 is 3.30. The highest BCUT2D eigenvalue weighted by molar-refractivity contribution is 7.98. The monoisotopic (exact) mass is 362 g/mol. The van der Waals surface area contributed by atoms with E-state index in [0.717, 1.165) is 34.2 Å². The molecule has 0 spiro atoms. The van der Waals surface area contributed by atoms with E-state index in [1.807, 2.05) is 24.4 Å². The molecule has 5 nitrogen and oxygen atoms in total. The molecule has 24 heavy (non-hydrogen) atoms. The van der Waals surface area contributed by atoms with Gasteiger partial charge in [-0.3, -0.25) is 4.79 Å². The van der Waals surface area contributed by atoms with Gasteiger partial charge in [-0.25, -0.2) is 9.78 Å². The summed E-state index contributed by atoms with van der Waals surface area (Å²) in [5.74, 6) is -0.432. The molecule has 3 rings (SSSR count). The van der Waals surface area contributed by atoms with E-state index in [9.17, 15) is 14.7 Å². The van der Waals surface area contributed by atoms with Gasteiger partial charge in [0.1, 0.15) is 6.04 Å². The predicted octanol–water partition coefficient (Wildman–Crippen LogP) is 3.34. The number of carbonyl (C=O) groups is 2. The van der Waals surface area contributed by atoms with Crippen LogP contribution in [0.1, 0.15) is 33.9 Å². The summed E-state index contributed by atoms with van der Waals surface area (Å²) in [7, 11) is 0. The lowest BCUT2D eigenvalue weighted by Gasteiger charge is -2.13. The van der Waals surface area contributed by atoms with Gasteiger partial charge < -0.3 is 10.4 Å². The highest BCUT2D eigenvalue weighted by atomic mass is 32.2. The fourth-order valence-electron chi connectivity index (χ4n) is 2.37. The third kappa shape index (κ3) is 4.36.